The molecule has 1 saturated carbocycles. The first-order valence-electron chi connectivity index (χ1n) is 6.81. The molecule has 0 bridgehead atoms. The summed E-state index contributed by atoms with van der Waals surface area (Å²) in [7, 11) is 0. The highest BCUT2D eigenvalue weighted by molar-refractivity contribution is 6.30. The molecule has 0 amide bonds. The van der Waals surface area contributed by atoms with Crippen molar-refractivity contribution in [3.05, 3.63) is 52.7 Å². The minimum absolute atomic E-state index is 0.0527. The second-order valence-electron chi connectivity index (χ2n) is 5.23. The Bertz CT molecular complexity index is 704. The van der Waals surface area contributed by atoms with Gasteiger partial charge in [-0.1, -0.05) is 17.7 Å². The van der Waals surface area contributed by atoms with Crippen molar-refractivity contribution in [1.29, 1.82) is 0 Å². The van der Waals surface area contributed by atoms with E-state index in [2.05, 4.69) is 15.3 Å². The van der Waals surface area contributed by atoms with Crippen LogP contribution in [-0.4, -0.2) is 21.0 Å². The molecule has 1 aliphatic carbocycles. The van der Waals surface area contributed by atoms with E-state index in [0.29, 0.717) is 11.7 Å². The van der Waals surface area contributed by atoms with Crippen LogP contribution in [0, 0.1) is 11.7 Å². The summed E-state index contributed by atoms with van der Waals surface area (Å²) in [5.41, 5.74) is 0.761. The number of hydrogen-bond acceptors (Lipinski definition) is 4. The maximum Gasteiger partial charge on any atom is 0.356 e. The van der Waals surface area contributed by atoms with Gasteiger partial charge in [0.25, 0.3) is 0 Å². The lowest BCUT2D eigenvalue weighted by Gasteiger charge is -2.19. The third-order valence-electron chi connectivity index (χ3n) is 3.57. The summed E-state index contributed by atoms with van der Waals surface area (Å²) < 4.78 is 13.3. The van der Waals surface area contributed by atoms with Gasteiger partial charge >= 0.3 is 5.97 Å². The van der Waals surface area contributed by atoms with Crippen LogP contribution in [0.4, 0.5) is 10.2 Å². The van der Waals surface area contributed by atoms with Crippen molar-refractivity contribution < 1.29 is 14.3 Å². The van der Waals surface area contributed by atoms with E-state index in [9.17, 15) is 9.18 Å². The Balaban J connectivity index is 1.82. The first-order valence-corrected chi connectivity index (χ1v) is 7.19. The quantitative estimate of drug-likeness (QED) is 0.881. The zero-order valence-corrected chi connectivity index (χ0v) is 12.2. The molecule has 2 aromatic rings. The molecular weight excluding hydrogens is 309 g/mol. The molecule has 1 unspecified atom stereocenters. The second-order valence-corrected chi connectivity index (χ2v) is 5.63. The van der Waals surface area contributed by atoms with Crippen LogP contribution in [0.5, 0.6) is 0 Å². The summed E-state index contributed by atoms with van der Waals surface area (Å²) in [6.45, 7) is 0. The van der Waals surface area contributed by atoms with Crippen molar-refractivity contribution in [2.24, 2.45) is 5.92 Å². The molecule has 7 heteroatoms. The zero-order valence-electron chi connectivity index (χ0n) is 11.5. The molecule has 0 radical (unpaired) electrons. The van der Waals surface area contributed by atoms with Gasteiger partial charge in [0.15, 0.2) is 5.69 Å². The summed E-state index contributed by atoms with van der Waals surface area (Å²) >= 11 is 5.85. The maximum absolute atomic E-state index is 13.3. The van der Waals surface area contributed by atoms with Gasteiger partial charge < -0.3 is 10.4 Å². The van der Waals surface area contributed by atoms with Gasteiger partial charge in [-0.2, -0.15) is 0 Å². The maximum atomic E-state index is 13.3. The number of aromatic carboxylic acids is 1. The van der Waals surface area contributed by atoms with E-state index in [1.54, 1.807) is 12.1 Å². The summed E-state index contributed by atoms with van der Waals surface area (Å²) in [5, 5.41) is 12.1. The third kappa shape index (κ3) is 3.17. The normalized spacial score (nSPS) is 15.4. The van der Waals surface area contributed by atoms with Crippen molar-refractivity contribution in [2.45, 2.75) is 18.9 Å². The predicted octanol–water partition coefficient (Wildman–Crippen LogP) is 3.53. The molecule has 114 valence electrons. The Kier molecular flexibility index (Phi) is 3.94. The summed E-state index contributed by atoms with van der Waals surface area (Å²) in [6, 6.07) is 4.58. The molecule has 1 aromatic heterocycles. The minimum atomic E-state index is -1.12. The molecule has 1 aliphatic rings. The van der Waals surface area contributed by atoms with E-state index in [-0.39, 0.29) is 16.8 Å². The first-order chi connectivity index (χ1) is 10.5. The van der Waals surface area contributed by atoms with Crippen LogP contribution in [0.25, 0.3) is 0 Å². The molecule has 1 aromatic carbocycles. The van der Waals surface area contributed by atoms with Gasteiger partial charge in [0, 0.05) is 0 Å². The van der Waals surface area contributed by atoms with E-state index < -0.39 is 11.8 Å². The number of carboxylic acid groups (broad SMARTS) is 1. The summed E-state index contributed by atoms with van der Waals surface area (Å²) in [5.74, 6) is -0.682. The monoisotopic (exact) mass is 321 g/mol. The van der Waals surface area contributed by atoms with Gasteiger partial charge in [-0.15, -0.1) is 0 Å². The van der Waals surface area contributed by atoms with E-state index in [4.69, 9.17) is 16.7 Å². The number of anilines is 1. The number of carbonyl (C=O) groups is 1. The predicted molar refractivity (Wildman–Crippen MR) is 79.5 cm³/mol. The Morgan fingerprint density at radius 1 is 1.36 bits per heavy atom. The van der Waals surface area contributed by atoms with Gasteiger partial charge in [0.2, 0.25) is 0 Å². The van der Waals surface area contributed by atoms with Gasteiger partial charge in [0.1, 0.15) is 11.6 Å². The molecule has 0 saturated heterocycles. The number of hydrogen-bond donors (Lipinski definition) is 2. The highest BCUT2D eigenvalue weighted by Crippen LogP contribution is 2.43. The number of nitrogens with zero attached hydrogens (tertiary/aromatic N) is 2. The van der Waals surface area contributed by atoms with Gasteiger partial charge in [-0.3, -0.25) is 0 Å². The van der Waals surface area contributed by atoms with Crippen molar-refractivity contribution >= 4 is 23.4 Å². The smallest absolute Gasteiger partial charge is 0.356 e. The second kappa shape index (κ2) is 5.88. The Labute approximate surface area is 131 Å². The van der Waals surface area contributed by atoms with Crippen molar-refractivity contribution in [3.8, 4) is 0 Å². The molecule has 1 heterocycles. The molecule has 0 aliphatic heterocycles. The number of aromatic nitrogens is 2. The first kappa shape index (κ1) is 14.7. The fraction of sp³-hybridized carbons (Fsp3) is 0.267. The van der Waals surface area contributed by atoms with E-state index in [1.165, 1.54) is 18.5 Å². The topological polar surface area (TPSA) is 75.1 Å². The average molecular weight is 322 g/mol. The van der Waals surface area contributed by atoms with Crippen molar-refractivity contribution in [1.82, 2.24) is 9.97 Å². The van der Waals surface area contributed by atoms with Crippen LogP contribution in [-0.2, 0) is 0 Å². The Morgan fingerprint density at radius 3 is 2.68 bits per heavy atom. The van der Waals surface area contributed by atoms with Crippen molar-refractivity contribution in [2.75, 3.05) is 5.32 Å². The van der Waals surface area contributed by atoms with Crippen LogP contribution in [0.1, 0.15) is 34.9 Å². The molecule has 3 rings (SSSR count). The van der Waals surface area contributed by atoms with Gasteiger partial charge in [-0.25, -0.2) is 19.2 Å². The Morgan fingerprint density at radius 2 is 2.14 bits per heavy atom. The van der Waals surface area contributed by atoms with Gasteiger partial charge in [0.05, 0.1) is 23.5 Å². The molecule has 22 heavy (non-hydrogen) atoms. The number of carboxylic acids is 1. The number of rotatable bonds is 5. The summed E-state index contributed by atoms with van der Waals surface area (Å²) in [4.78, 5) is 18.7. The van der Waals surface area contributed by atoms with E-state index in [1.807, 2.05) is 0 Å². The van der Waals surface area contributed by atoms with Crippen LogP contribution in [0.15, 0.2) is 30.6 Å². The number of benzene rings is 1. The minimum Gasteiger partial charge on any atom is -0.476 e. The standard InChI is InChI=1S/C15H13ClFN3O2/c16-10-5-9(3-4-11(10)17)14(8-1-2-8)20-13-7-18-12(6-19-13)15(21)22/h3-8,14H,1-2H2,(H,19,20)(H,21,22). The fourth-order valence-electron chi connectivity index (χ4n) is 2.28. The highest BCUT2D eigenvalue weighted by Gasteiger charge is 2.33. The van der Waals surface area contributed by atoms with Crippen molar-refractivity contribution in [3.63, 3.8) is 0 Å². The zero-order chi connectivity index (χ0) is 15.7. The number of halogens is 2. The molecule has 1 atom stereocenters. The highest BCUT2D eigenvalue weighted by atomic mass is 35.5. The average Bonchev–Trinajstić information content (AvgIpc) is 3.33. The molecule has 1 fully saturated rings. The van der Waals surface area contributed by atoms with Crippen LogP contribution < -0.4 is 5.32 Å². The van der Waals surface area contributed by atoms with E-state index in [0.717, 1.165) is 18.4 Å². The largest absolute Gasteiger partial charge is 0.476 e. The molecule has 5 nitrogen and oxygen atoms in total. The lowest BCUT2D eigenvalue weighted by molar-refractivity contribution is 0.0690. The fourth-order valence-corrected chi connectivity index (χ4v) is 2.47. The van der Waals surface area contributed by atoms with Crippen LogP contribution in [0.2, 0.25) is 5.02 Å². The van der Waals surface area contributed by atoms with Gasteiger partial charge in [-0.05, 0) is 36.5 Å². The lowest BCUT2D eigenvalue weighted by Crippen LogP contribution is -2.14. The summed E-state index contributed by atoms with van der Waals surface area (Å²) in [6.07, 6.45) is 4.71. The van der Waals surface area contributed by atoms with Crippen LogP contribution in [0.3, 0.4) is 0 Å². The van der Waals surface area contributed by atoms with E-state index >= 15 is 0 Å². The van der Waals surface area contributed by atoms with Crippen LogP contribution >= 0.6 is 11.6 Å². The number of nitrogens with one attached hydrogen (secondary N) is 1. The molecule has 2 N–H and O–H groups in total. The SMILES string of the molecule is O=C(O)c1cnc(NC(c2ccc(F)c(Cl)c2)C2CC2)cn1. The third-order valence-corrected chi connectivity index (χ3v) is 3.86. The molecule has 0 spiro atoms. The molecular formula is C15H13ClFN3O2. The Hall–Kier alpha value is -2.21. The lowest BCUT2D eigenvalue weighted by atomic mass is 10.0.